The molecule has 1 aromatic carbocycles. The van der Waals surface area contributed by atoms with Crippen LogP contribution in [0.25, 0.3) is 11.0 Å². The number of hydrogen-bond donors (Lipinski definition) is 2. The number of aromatic nitrogens is 2. The van der Waals surface area contributed by atoms with Gasteiger partial charge in [0.05, 0.1) is 23.7 Å². The molecule has 4 heteroatoms. The van der Waals surface area contributed by atoms with Crippen LogP contribution >= 0.6 is 0 Å². The van der Waals surface area contributed by atoms with Crippen molar-refractivity contribution in [3.8, 4) is 0 Å². The summed E-state index contributed by atoms with van der Waals surface area (Å²) in [6.45, 7) is 2.85. The van der Waals surface area contributed by atoms with Crippen molar-refractivity contribution in [2.75, 3.05) is 6.54 Å². The van der Waals surface area contributed by atoms with Crippen LogP contribution in [0.15, 0.2) is 24.3 Å². The zero-order valence-corrected chi connectivity index (χ0v) is 9.43. The maximum Gasteiger partial charge on any atom is 0.109 e. The summed E-state index contributed by atoms with van der Waals surface area (Å²) in [4.78, 5) is 4.53. The molecule has 1 unspecified atom stereocenters. The molecule has 0 radical (unpaired) electrons. The lowest BCUT2D eigenvalue weighted by Crippen LogP contribution is -2.25. The third kappa shape index (κ3) is 1.94. The topological polar surface area (TPSA) is 64.1 Å². The lowest BCUT2D eigenvalue weighted by molar-refractivity contribution is 0.162. The highest BCUT2D eigenvalue weighted by molar-refractivity contribution is 5.75. The van der Waals surface area contributed by atoms with Crippen LogP contribution in [0.2, 0.25) is 0 Å². The summed E-state index contributed by atoms with van der Waals surface area (Å²) in [5, 5.41) is 9.64. The second-order valence-corrected chi connectivity index (χ2v) is 3.87. The molecule has 0 saturated heterocycles. The third-order valence-electron chi connectivity index (χ3n) is 2.72. The van der Waals surface area contributed by atoms with E-state index in [1.807, 2.05) is 28.8 Å². The molecule has 0 spiro atoms. The van der Waals surface area contributed by atoms with Crippen LogP contribution in [0, 0.1) is 0 Å². The Balaban J connectivity index is 2.47. The summed E-state index contributed by atoms with van der Waals surface area (Å²) >= 11 is 0. The molecule has 16 heavy (non-hydrogen) atoms. The molecular weight excluding hydrogens is 202 g/mol. The van der Waals surface area contributed by atoms with Crippen LogP contribution in [-0.4, -0.2) is 27.3 Å². The number of rotatable bonds is 4. The second kappa shape index (κ2) is 4.63. The fourth-order valence-corrected chi connectivity index (χ4v) is 1.88. The minimum absolute atomic E-state index is 0.273. The molecule has 0 aliphatic carbocycles. The molecule has 0 aliphatic heterocycles. The molecule has 4 nitrogen and oxygen atoms in total. The molecule has 3 N–H and O–H groups in total. The Kier molecular flexibility index (Phi) is 3.22. The van der Waals surface area contributed by atoms with Gasteiger partial charge in [-0.3, -0.25) is 0 Å². The van der Waals surface area contributed by atoms with Crippen molar-refractivity contribution in [2.45, 2.75) is 26.0 Å². The van der Waals surface area contributed by atoms with Gasteiger partial charge in [0.25, 0.3) is 0 Å². The Morgan fingerprint density at radius 1 is 1.44 bits per heavy atom. The molecule has 0 aliphatic rings. The summed E-state index contributed by atoms with van der Waals surface area (Å²) < 4.78 is 2.05. The van der Waals surface area contributed by atoms with Crippen molar-refractivity contribution in [1.29, 1.82) is 0 Å². The van der Waals surface area contributed by atoms with E-state index in [0.29, 0.717) is 6.54 Å². The smallest absolute Gasteiger partial charge is 0.109 e. The number of aryl methyl sites for hydroxylation is 1. The molecule has 86 valence electrons. The lowest BCUT2D eigenvalue weighted by atomic mass is 10.3. The Morgan fingerprint density at radius 2 is 2.19 bits per heavy atom. The van der Waals surface area contributed by atoms with Crippen molar-refractivity contribution in [1.82, 2.24) is 9.55 Å². The highest BCUT2D eigenvalue weighted by atomic mass is 16.3. The van der Waals surface area contributed by atoms with Crippen molar-refractivity contribution in [3.05, 3.63) is 30.1 Å². The van der Waals surface area contributed by atoms with Gasteiger partial charge in [0, 0.05) is 13.0 Å². The van der Waals surface area contributed by atoms with Crippen LogP contribution in [-0.2, 0) is 13.0 Å². The van der Waals surface area contributed by atoms with Gasteiger partial charge < -0.3 is 15.4 Å². The zero-order valence-electron chi connectivity index (χ0n) is 9.43. The summed E-state index contributed by atoms with van der Waals surface area (Å²) in [5.41, 5.74) is 7.48. The van der Waals surface area contributed by atoms with Gasteiger partial charge in [0.2, 0.25) is 0 Å². The average molecular weight is 219 g/mol. The van der Waals surface area contributed by atoms with Crippen LogP contribution < -0.4 is 5.73 Å². The zero-order chi connectivity index (χ0) is 11.5. The lowest BCUT2D eigenvalue weighted by Gasteiger charge is -2.12. The van der Waals surface area contributed by atoms with E-state index >= 15 is 0 Å². The molecule has 1 aromatic heterocycles. The van der Waals surface area contributed by atoms with Crippen LogP contribution in [0.1, 0.15) is 12.7 Å². The monoisotopic (exact) mass is 219 g/mol. The number of para-hydroxylation sites is 2. The van der Waals surface area contributed by atoms with Crippen molar-refractivity contribution in [3.63, 3.8) is 0 Å². The van der Waals surface area contributed by atoms with Crippen molar-refractivity contribution >= 4 is 11.0 Å². The summed E-state index contributed by atoms with van der Waals surface area (Å²) in [6, 6.07) is 7.96. The molecule has 2 rings (SSSR count). The van der Waals surface area contributed by atoms with E-state index in [4.69, 9.17) is 5.73 Å². The maximum absolute atomic E-state index is 9.64. The number of imidazole rings is 1. The first-order chi connectivity index (χ1) is 7.76. The fraction of sp³-hybridized carbons (Fsp3) is 0.417. The Labute approximate surface area is 94.7 Å². The SMILES string of the molecule is CCc1nc2ccccc2n1CC(O)CN. The number of aliphatic hydroxyl groups is 1. The summed E-state index contributed by atoms with van der Waals surface area (Å²) in [5.74, 6) is 0.994. The first kappa shape index (κ1) is 11.1. The molecule has 0 bridgehead atoms. The van der Waals surface area contributed by atoms with Gasteiger partial charge in [-0.1, -0.05) is 19.1 Å². The van der Waals surface area contributed by atoms with E-state index in [-0.39, 0.29) is 6.54 Å². The number of nitrogens with two attached hydrogens (primary N) is 1. The first-order valence-corrected chi connectivity index (χ1v) is 5.58. The molecule has 0 amide bonds. The Morgan fingerprint density at radius 3 is 2.88 bits per heavy atom. The van der Waals surface area contributed by atoms with Gasteiger partial charge in [-0.2, -0.15) is 0 Å². The Bertz CT molecular complexity index is 478. The maximum atomic E-state index is 9.64. The van der Waals surface area contributed by atoms with Gasteiger partial charge in [0.1, 0.15) is 5.82 Å². The number of fused-ring (bicyclic) bond motifs is 1. The summed E-state index contributed by atoms with van der Waals surface area (Å²) in [7, 11) is 0. The molecular formula is C12H17N3O. The molecule has 1 heterocycles. The average Bonchev–Trinajstić information content (AvgIpc) is 2.67. The summed E-state index contributed by atoms with van der Waals surface area (Å²) in [6.07, 6.45) is 0.342. The standard InChI is InChI=1S/C12H17N3O/c1-2-12-14-10-5-3-4-6-11(10)15(12)8-9(16)7-13/h3-6,9,16H,2,7-8,13H2,1H3. The van der Waals surface area contributed by atoms with Gasteiger partial charge in [0.15, 0.2) is 0 Å². The largest absolute Gasteiger partial charge is 0.390 e. The number of nitrogens with zero attached hydrogens (tertiary/aromatic N) is 2. The minimum Gasteiger partial charge on any atom is -0.390 e. The highest BCUT2D eigenvalue weighted by Crippen LogP contribution is 2.16. The first-order valence-electron chi connectivity index (χ1n) is 5.58. The second-order valence-electron chi connectivity index (χ2n) is 3.87. The van der Waals surface area contributed by atoms with E-state index < -0.39 is 6.10 Å². The van der Waals surface area contributed by atoms with Crippen LogP contribution in [0.3, 0.4) is 0 Å². The highest BCUT2D eigenvalue weighted by Gasteiger charge is 2.11. The predicted molar refractivity (Wildman–Crippen MR) is 64.2 cm³/mol. The van der Waals surface area contributed by atoms with Gasteiger partial charge in [-0.25, -0.2) is 4.98 Å². The molecule has 2 aromatic rings. The predicted octanol–water partition coefficient (Wildman–Crippen LogP) is 0.918. The van der Waals surface area contributed by atoms with E-state index in [0.717, 1.165) is 23.3 Å². The van der Waals surface area contributed by atoms with Gasteiger partial charge in [-0.15, -0.1) is 0 Å². The number of benzene rings is 1. The molecule has 1 atom stereocenters. The van der Waals surface area contributed by atoms with E-state index in [9.17, 15) is 5.11 Å². The fourth-order valence-electron chi connectivity index (χ4n) is 1.88. The third-order valence-corrected chi connectivity index (χ3v) is 2.72. The Hall–Kier alpha value is -1.39. The van der Waals surface area contributed by atoms with E-state index in [1.165, 1.54) is 0 Å². The normalized spacial score (nSPS) is 13.2. The van der Waals surface area contributed by atoms with Crippen LogP contribution in [0.5, 0.6) is 0 Å². The van der Waals surface area contributed by atoms with Gasteiger partial charge >= 0.3 is 0 Å². The van der Waals surface area contributed by atoms with Gasteiger partial charge in [-0.05, 0) is 12.1 Å². The quantitative estimate of drug-likeness (QED) is 0.803. The van der Waals surface area contributed by atoms with Crippen molar-refractivity contribution < 1.29 is 5.11 Å². The van der Waals surface area contributed by atoms with E-state index in [2.05, 4.69) is 11.9 Å². The van der Waals surface area contributed by atoms with Crippen molar-refractivity contribution in [2.24, 2.45) is 5.73 Å². The van der Waals surface area contributed by atoms with E-state index in [1.54, 1.807) is 0 Å². The molecule has 0 fully saturated rings. The molecule has 0 saturated carbocycles. The number of aliphatic hydroxyl groups excluding tert-OH is 1. The van der Waals surface area contributed by atoms with Crippen LogP contribution in [0.4, 0.5) is 0 Å². The number of hydrogen-bond acceptors (Lipinski definition) is 3. The minimum atomic E-state index is -0.511.